The Kier molecular flexibility index (Phi) is 4.16. The molecule has 0 aliphatic carbocycles. The van der Waals surface area contributed by atoms with E-state index >= 15 is 0 Å². The molecule has 3 aromatic rings. The number of nitrogen functional groups attached to an aromatic ring is 1. The summed E-state index contributed by atoms with van der Waals surface area (Å²) in [6.45, 7) is 6.24. The van der Waals surface area contributed by atoms with Crippen LogP contribution >= 0.6 is 0 Å². The van der Waals surface area contributed by atoms with Crippen molar-refractivity contribution < 1.29 is 13.9 Å². The molecule has 0 atom stereocenters. The maximum absolute atomic E-state index is 6.09. The second-order valence-electron chi connectivity index (χ2n) is 6.64. The van der Waals surface area contributed by atoms with Crippen LogP contribution in [0.4, 0.5) is 5.95 Å². The summed E-state index contributed by atoms with van der Waals surface area (Å²) in [5, 5.41) is 8.20. The number of hydrogen-bond donors (Lipinski definition) is 1. The Bertz CT molecular complexity index is 868. The van der Waals surface area contributed by atoms with E-state index in [0.717, 1.165) is 5.76 Å². The molecule has 7 heteroatoms. The molecule has 0 fully saturated rings. The average Bonchev–Trinajstić information content (AvgIpc) is 3.20. The number of rotatable bonds is 4. The molecule has 0 aliphatic heterocycles. The summed E-state index contributed by atoms with van der Waals surface area (Å²) in [7, 11) is 3.17. The highest BCUT2D eigenvalue weighted by atomic mass is 16.5. The van der Waals surface area contributed by atoms with Crippen molar-refractivity contribution in [1.29, 1.82) is 0 Å². The normalized spacial score (nSPS) is 11.6. The lowest BCUT2D eigenvalue weighted by molar-refractivity contribution is 0.390. The van der Waals surface area contributed by atoms with Crippen molar-refractivity contribution in [1.82, 2.24) is 14.8 Å². The zero-order valence-electron chi connectivity index (χ0n) is 15.0. The van der Waals surface area contributed by atoms with Crippen molar-refractivity contribution in [3.63, 3.8) is 0 Å². The quantitative estimate of drug-likeness (QED) is 0.781. The lowest BCUT2D eigenvalue weighted by atomic mass is 9.94. The van der Waals surface area contributed by atoms with Crippen LogP contribution < -0.4 is 15.2 Å². The summed E-state index contributed by atoms with van der Waals surface area (Å²) in [5.74, 6) is 3.30. The standard InChI is InChI=1S/C18H22N4O3/c1-18(2,3)14-10-9-13(25-14)16-20-21-17(19)22(16)15-11(23-4)7-6-8-12(15)24-5/h6-10H,1-5H3,(H2,19,21). The topological polar surface area (TPSA) is 88.3 Å². The lowest BCUT2D eigenvalue weighted by Crippen LogP contribution is -2.09. The third-order valence-corrected chi connectivity index (χ3v) is 3.88. The Morgan fingerprint density at radius 2 is 1.64 bits per heavy atom. The molecule has 0 saturated carbocycles. The van der Waals surface area contributed by atoms with E-state index in [9.17, 15) is 0 Å². The number of hydrogen-bond acceptors (Lipinski definition) is 6. The Hall–Kier alpha value is -2.96. The molecule has 0 bridgehead atoms. The van der Waals surface area contributed by atoms with Crippen LogP contribution in [0.25, 0.3) is 17.3 Å². The molecule has 2 heterocycles. The number of ether oxygens (including phenoxy) is 2. The molecule has 132 valence electrons. The Labute approximate surface area is 146 Å². The molecule has 2 N–H and O–H groups in total. The predicted octanol–water partition coefficient (Wildman–Crippen LogP) is 3.42. The van der Waals surface area contributed by atoms with Crippen LogP contribution in [0.5, 0.6) is 11.5 Å². The maximum atomic E-state index is 6.09. The van der Waals surface area contributed by atoms with Gasteiger partial charge in [-0.2, -0.15) is 0 Å². The fourth-order valence-electron chi connectivity index (χ4n) is 2.59. The van der Waals surface area contributed by atoms with E-state index < -0.39 is 0 Å². The van der Waals surface area contributed by atoms with E-state index in [-0.39, 0.29) is 11.4 Å². The minimum Gasteiger partial charge on any atom is -0.494 e. The smallest absolute Gasteiger partial charge is 0.227 e. The third-order valence-electron chi connectivity index (χ3n) is 3.88. The number of para-hydroxylation sites is 1. The van der Waals surface area contributed by atoms with Crippen molar-refractivity contribution in [3.8, 4) is 28.8 Å². The highest BCUT2D eigenvalue weighted by molar-refractivity contribution is 5.65. The van der Waals surface area contributed by atoms with Gasteiger partial charge in [0.25, 0.3) is 0 Å². The minimum atomic E-state index is -0.114. The van der Waals surface area contributed by atoms with Gasteiger partial charge < -0.3 is 19.6 Å². The Morgan fingerprint density at radius 1 is 1.00 bits per heavy atom. The van der Waals surface area contributed by atoms with Gasteiger partial charge in [0.1, 0.15) is 22.9 Å². The van der Waals surface area contributed by atoms with Gasteiger partial charge in [0.2, 0.25) is 11.8 Å². The van der Waals surface area contributed by atoms with E-state index in [4.69, 9.17) is 19.6 Å². The summed E-state index contributed by atoms with van der Waals surface area (Å²) >= 11 is 0. The Balaban J connectivity index is 2.21. The van der Waals surface area contributed by atoms with Gasteiger partial charge in [-0.25, -0.2) is 0 Å². The number of furan rings is 1. The van der Waals surface area contributed by atoms with Crippen LogP contribution in [0, 0.1) is 0 Å². The van der Waals surface area contributed by atoms with Crippen LogP contribution in [0.1, 0.15) is 26.5 Å². The first-order chi connectivity index (χ1) is 11.9. The number of methoxy groups -OCH3 is 2. The predicted molar refractivity (Wildman–Crippen MR) is 95.3 cm³/mol. The van der Waals surface area contributed by atoms with E-state index in [1.165, 1.54) is 0 Å². The summed E-state index contributed by atoms with van der Waals surface area (Å²) in [5.41, 5.74) is 6.60. The zero-order chi connectivity index (χ0) is 18.2. The van der Waals surface area contributed by atoms with Gasteiger partial charge in [-0.05, 0) is 24.3 Å². The highest BCUT2D eigenvalue weighted by Crippen LogP contribution is 2.37. The largest absolute Gasteiger partial charge is 0.494 e. The SMILES string of the molecule is COc1cccc(OC)c1-n1c(N)nnc1-c1ccc(C(C)(C)C)o1. The molecule has 0 saturated heterocycles. The van der Waals surface area contributed by atoms with Gasteiger partial charge in [-0.3, -0.25) is 4.57 Å². The molecule has 0 amide bonds. The number of anilines is 1. The van der Waals surface area contributed by atoms with Crippen LogP contribution in [0.15, 0.2) is 34.7 Å². The molecule has 2 aromatic heterocycles. The molecular weight excluding hydrogens is 320 g/mol. The number of nitrogens with two attached hydrogens (primary N) is 1. The average molecular weight is 342 g/mol. The molecule has 1 aromatic carbocycles. The maximum Gasteiger partial charge on any atom is 0.227 e. The van der Waals surface area contributed by atoms with Gasteiger partial charge in [-0.15, -0.1) is 10.2 Å². The first-order valence-electron chi connectivity index (χ1n) is 7.89. The van der Waals surface area contributed by atoms with Gasteiger partial charge in [0.05, 0.1) is 14.2 Å². The van der Waals surface area contributed by atoms with Crippen LogP contribution in [0.3, 0.4) is 0 Å². The van der Waals surface area contributed by atoms with E-state index in [1.54, 1.807) is 18.8 Å². The van der Waals surface area contributed by atoms with Crippen molar-refractivity contribution in [2.75, 3.05) is 20.0 Å². The van der Waals surface area contributed by atoms with Gasteiger partial charge in [0.15, 0.2) is 5.76 Å². The van der Waals surface area contributed by atoms with Gasteiger partial charge in [-0.1, -0.05) is 26.8 Å². The van der Waals surface area contributed by atoms with E-state index in [0.29, 0.717) is 28.8 Å². The minimum absolute atomic E-state index is 0.114. The van der Waals surface area contributed by atoms with E-state index in [1.807, 2.05) is 30.3 Å². The molecule has 0 radical (unpaired) electrons. The first-order valence-corrected chi connectivity index (χ1v) is 7.89. The van der Waals surface area contributed by atoms with Crippen molar-refractivity contribution in [2.24, 2.45) is 0 Å². The summed E-state index contributed by atoms with van der Waals surface area (Å²) < 4.78 is 18.6. The molecular formula is C18H22N4O3. The molecule has 0 unspecified atom stereocenters. The monoisotopic (exact) mass is 342 g/mol. The molecule has 3 rings (SSSR count). The van der Waals surface area contributed by atoms with E-state index in [2.05, 4.69) is 31.0 Å². The van der Waals surface area contributed by atoms with Gasteiger partial charge >= 0.3 is 0 Å². The summed E-state index contributed by atoms with van der Waals surface area (Å²) in [6.07, 6.45) is 0. The Morgan fingerprint density at radius 3 is 2.16 bits per heavy atom. The number of aromatic nitrogens is 3. The second-order valence-corrected chi connectivity index (χ2v) is 6.64. The fraction of sp³-hybridized carbons (Fsp3) is 0.333. The van der Waals surface area contributed by atoms with Gasteiger partial charge in [0, 0.05) is 5.41 Å². The van der Waals surface area contributed by atoms with Crippen LogP contribution in [-0.2, 0) is 5.41 Å². The third kappa shape index (κ3) is 2.93. The number of benzene rings is 1. The van der Waals surface area contributed by atoms with Crippen LogP contribution in [0.2, 0.25) is 0 Å². The lowest BCUT2D eigenvalue weighted by Gasteiger charge is -2.16. The molecule has 25 heavy (non-hydrogen) atoms. The summed E-state index contributed by atoms with van der Waals surface area (Å²) in [4.78, 5) is 0. The van der Waals surface area contributed by atoms with Crippen LogP contribution in [-0.4, -0.2) is 29.0 Å². The summed E-state index contributed by atoms with van der Waals surface area (Å²) in [6, 6.07) is 9.28. The van der Waals surface area contributed by atoms with Crippen molar-refractivity contribution in [2.45, 2.75) is 26.2 Å². The van der Waals surface area contributed by atoms with Crippen molar-refractivity contribution in [3.05, 3.63) is 36.1 Å². The zero-order valence-corrected chi connectivity index (χ0v) is 15.0. The highest BCUT2D eigenvalue weighted by Gasteiger charge is 2.24. The number of nitrogens with zero attached hydrogens (tertiary/aromatic N) is 3. The second kappa shape index (κ2) is 6.16. The molecule has 0 aliphatic rings. The molecule has 7 nitrogen and oxygen atoms in total. The van der Waals surface area contributed by atoms with Crippen molar-refractivity contribution >= 4 is 5.95 Å². The molecule has 0 spiro atoms. The first kappa shape index (κ1) is 16.9. The fourth-order valence-corrected chi connectivity index (χ4v) is 2.59.